The second-order valence-electron chi connectivity index (χ2n) is 6.89. The van der Waals surface area contributed by atoms with E-state index in [0.29, 0.717) is 34.1 Å². The molecule has 0 unspecified atom stereocenters. The van der Waals surface area contributed by atoms with E-state index in [1.54, 1.807) is 16.9 Å². The van der Waals surface area contributed by atoms with Crippen molar-refractivity contribution in [1.29, 1.82) is 0 Å². The number of non-ortho nitro benzene ring substituents is 1. The summed E-state index contributed by atoms with van der Waals surface area (Å²) in [6.07, 6.45) is 1.69. The Balaban J connectivity index is 1.79. The minimum absolute atomic E-state index is 0.0128. The van der Waals surface area contributed by atoms with E-state index >= 15 is 0 Å². The molecular weight excluding hydrogens is 438 g/mol. The molecule has 0 aliphatic carbocycles. The molecule has 9 heteroatoms. The molecule has 0 fully saturated rings. The number of ether oxygens (including phenoxy) is 1. The average molecular weight is 460 g/mol. The molecule has 0 saturated carbocycles. The van der Waals surface area contributed by atoms with Crippen molar-refractivity contribution in [3.8, 4) is 17.0 Å². The third-order valence-corrected chi connectivity index (χ3v) is 5.48. The van der Waals surface area contributed by atoms with Gasteiger partial charge >= 0.3 is 0 Å². The number of rotatable bonds is 8. The van der Waals surface area contributed by atoms with Gasteiger partial charge in [-0.3, -0.25) is 20.5 Å². The smallest absolute Gasteiger partial charge is 0.270 e. The van der Waals surface area contributed by atoms with Crippen LogP contribution >= 0.6 is 11.3 Å². The maximum Gasteiger partial charge on any atom is 0.270 e. The molecule has 0 atom stereocenters. The predicted octanol–water partition coefficient (Wildman–Crippen LogP) is 5.37. The van der Waals surface area contributed by atoms with Crippen molar-refractivity contribution >= 4 is 28.4 Å². The van der Waals surface area contributed by atoms with Crippen LogP contribution in [-0.2, 0) is 0 Å². The maximum atomic E-state index is 11.3. The van der Waals surface area contributed by atoms with Crippen LogP contribution < -0.4 is 15.0 Å². The van der Waals surface area contributed by atoms with Crippen LogP contribution in [0.4, 0.5) is 11.4 Å². The number of hydrogen-bond acceptors (Lipinski definition) is 7. The summed E-state index contributed by atoms with van der Waals surface area (Å²) in [5.74, 6) is 0.773. The monoisotopic (exact) mass is 459 g/mol. The summed E-state index contributed by atoms with van der Waals surface area (Å²) in [6, 6.07) is 19.5. The molecule has 2 aromatic carbocycles. The Morgan fingerprint density at radius 2 is 2.03 bits per heavy atom. The lowest BCUT2D eigenvalue weighted by Gasteiger charge is -2.14. The van der Waals surface area contributed by atoms with E-state index in [1.165, 1.54) is 23.5 Å². The van der Waals surface area contributed by atoms with Gasteiger partial charge in [0, 0.05) is 29.3 Å². The summed E-state index contributed by atoms with van der Waals surface area (Å²) in [7, 11) is 0. The van der Waals surface area contributed by atoms with Crippen molar-refractivity contribution in [3.05, 3.63) is 105 Å². The molecule has 0 saturated heterocycles. The molecule has 2 heterocycles. The van der Waals surface area contributed by atoms with Gasteiger partial charge in [0.1, 0.15) is 5.75 Å². The first-order valence-corrected chi connectivity index (χ1v) is 11.0. The fraction of sp³-hybridized carbons (Fsp3) is 0.0833. The molecule has 1 N–H and O–H groups in total. The van der Waals surface area contributed by atoms with E-state index in [1.807, 2.05) is 60.8 Å². The average Bonchev–Trinajstić information content (AvgIpc) is 3.23. The van der Waals surface area contributed by atoms with E-state index in [2.05, 4.69) is 17.0 Å². The van der Waals surface area contributed by atoms with Crippen LogP contribution in [0, 0.1) is 10.1 Å². The number of nitrogens with zero attached hydrogens (tertiary/aromatic N) is 4. The Morgan fingerprint density at radius 3 is 2.73 bits per heavy atom. The summed E-state index contributed by atoms with van der Waals surface area (Å²) in [5.41, 5.74) is 6.64. The number of pyridine rings is 1. The molecule has 0 spiro atoms. The van der Waals surface area contributed by atoms with Gasteiger partial charge in [-0.2, -0.15) is 0 Å². The summed E-state index contributed by atoms with van der Waals surface area (Å²) in [4.78, 5) is 20.6. The topological polar surface area (TPSA) is 94.6 Å². The van der Waals surface area contributed by atoms with Gasteiger partial charge in [0.05, 0.1) is 34.3 Å². The van der Waals surface area contributed by atoms with Crippen molar-refractivity contribution in [2.45, 2.75) is 6.92 Å². The van der Waals surface area contributed by atoms with E-state index in [0.717, 1.165) is 11.4 Å². The quantitative estimate of drug-likeness (QED) is 0.283. The highest BCUT2D eigenvalue weighted by molar-refractivity contribution is 7.07. The maximum absolute atomic E-state index is 11.3. The van der Waals surface area contributed by atoms with Crippen molar-refractivity contribution in [2.24, 2.45) is 4.99 Å². The number of nitro groups is 1. The van der Waals surface area contributed by atoms with Crippen LogP contribution in [0.3, 0.4) is 0 Å². The Labute approximate surface area is 194 Å². The van der Waals surface area contributed by atoms with Crippen molar-refractivity contribution in [3.63, 3.8) is 0 Å². The van der Waals surface area contributed by atoms with Crippen LogP contribution in [0.25, 0.3) is 17.0 Å². The largest absolute Gasteiger partial charge is 0.494 e. The van der Waals surface area contributed by atoms with Crippen LogP contribution in [-0.4, -0.2) is 21.2 Å². The van der Waals surface area contributed by atoms with Crippen molar-refractivity contribution < 1.29 is 9.66 Å². The third kappa shape index (κ3) is 5.16. The molecule has 2 aromatic heterocycles. The number of thiazole rings is 1. The lowest BCUT2D eigenvalue weighted by atomic mass is 10.1. The highest BCUT2D eigenvalue weighted by Gasteiger charge is 2.14. The highest BCUT2D eigenvalue weighted by Crippen LogP contribution is 2.25. The fourth-order valence-electron chi connectivity index (χ4n) is 3.10. The molecule has 0 amide bonds. The molecule has 0 radical (unpaired) electrons. The van der Waals surface area contributed by atoms with Gasteiger partial charge in [-0.1, -0.05) is 24.8 Å². The minimum Gasteiger partial charge on any atom is -0.494 e. The van der Waals surface area contributed by atoms with Crippen LogP contribution in [0.5, 0.6) is 5.75 Å². The first-order chi connectivity index (χ1) is 16.0. The van der Waals surface area contributed by atoms with Crippen molar-refractivity contribution in [1.82, 2.24) is 9.66 Å². The van der Waals surface area contributed by atoms with E-state index < -0.39 is 4.92 Å². The standard InChI is InChI=1S/C24H21N5O3S/c1-3-32-21-12-10-19(11-13-21)26-24-28(27-17(2)22-9-4-5-14-25-22)23(16-33-24)18-7-6-8-20(15-18)29(30)31/h4-16,27H,2-3H2,1H3. The predicted molar refractivity (Wildman–Crippen MR) is 130 cm³/mol. The van der Waals surface area contributed by atoms with Crippen LogP contribution in [0.15, 0.2) is 89.9 Å². The summed E-state index contributed by atoms with van der Waals surface area (Å²) in [6.45, 7) is 6.63. The zero-order valence-electron chi connectivity index (χ0n) is 17.8. The number of nitro benzene ring substituents is 1. The molecule has 166 valence electrons. The van der Waals surface area contributed by atoms with E-state index in [9.17, 15) is 10.1 Å². The van der Waals surface area contributed by atoms with Gasteiger partial charge in [0.15, 0.2) is 0 Å². The number of aromatic nitrogens is 2. The van der Waals surface area contributed by atoms with Crippen molar-refractivity contribution in [2.75, 3.05) is 12.0 Å². The zero-order valence-corrected chi connectivity index (χ0v) is 18.7. The molecule has 4 aromatic rings. The molecule has 0 bridgehead atoms. The Kier molecular flexibility index (Phi) is 6.61. The zero-order chi connectivity index (χ0) is 23.2. The summed E-state index contributed by atoms with van der Waals surface area (Å²) in [5, 5.41) is 13.2. The molecule has 33 heavy (non-hydrogen) atoms. The Bertz CT molecular complexity index is 1340. The molecule has 0 aliphatic rings. The highest BCUT2D eigenvalue weighted by atomic mass is 32.1. The Hall–Kier alpha value is -4.24. The number of nitrogens with one attached hydrogen (secondary N) is 1. The first kappa shape index (κ1) is 22.0. The fourth-order valence-corrected chi connectivity index (χ4v) is 3.97. The van der Waals surface area contributed by atoms with Gasteiger partial charge in [-0.25, -0.2) is 9.67 Å². The van der Waals surface area contributed by atoms with Gasteiger partial charge in [0.25, 0.3) is 5.69 Å². The van der Waals surface area contributed by atoms with Crippen LogP contribution in [0.1, 0.15) is 12.6 Å². The Morgan fingerprint density at radius 1 is 1.21 bits per heavy atom. The van der Waals surface area contributed by atoms with Gasteiger partial charge in [0.2, 0.25) is 4.80 Å². The van der Waals surface area contributed by atoms with E-state index in [-0.39, 0.29) is 5.69 Å². The lowest BCUT2D eigenvalue weighted by Crippen LogP contribution is -2.25. The minimum atomic E-state index is -0.411. The van der Waals surface area contributed by atoms with E-state index in [4.69, 9.17) is 9.73 Å². The summed E-state index contributed by atoms with van der Waals surface area (Å²) < 4.78 is 7.26. The summed E-state index contributed by atoms with van der Waals surface area (Å²) >= 11 is 1.40. The molecular formula is C24H21N5O3S. The molecule has 4 rings (SSSR count). The lowest BCUT2D eigenvalue weighted by molar-refractivity contribution is -0.384. The van der Waals surface area contributed by atoms with Gasteiger partial charge in [-0.15, -0.1) is 11.3 Å². The number of hydrogen-bond donors (Lipinski definition) is 1. The van der Waals surface area contributed by atoms with Crippen LogP contribution in [0.2, 0.25) is 0 Å². The van der Waals surface area contributed by atoms with Gasteiger partial charge < -0.3 is 4.74 Å². The van der Waals surface area contributed by atoms with Gasteiger partial charge in [-0.05, 0) is 43.3 Å². The molecule has 8 nitrogen and oxygen atoms in total. The third-order valence-electron chi connectivity index (χ3n) is 4.65. The second-order valence-corrected chi connectivity index (χ2v) is 7.73. The second kappa shape index (κ2) is 9.92. The SMILES string of the molecule is C=C(Nn1c(-c2cccc([N+](=O)[O-])c2)csc1=Nc1ccc(OCC)cc1)c1ccccn1. The first-order valence-electron chi connectivity index (χ1n) is 10.2. The molecule has 0 aliphatic heterocycles. The number of benzene rings is 2. The normalized spacial score (nSPS) is 11.2.